The van der Waals surface area contributed by atoms with Crippen molar-refractivity contribution < 1.29 is 27.4 Å². The highest BCUT2D eigenvalue weighted by Gasteiger charge is 2.29. The van der Waals surface area contributed by atoms with Gasteiger partial charge in [0.05, 0.1) is 5.75 Å². The Labute approximate surface area is 249 Å². The van der Waals surface area contributed by atoms with Crippen LogP contribution in [-0.4, -0.2) is 89.0 Å². The minimum Gasteiger partial charge on any atom is -0.354 e. The number of nitrogens with zero attached hydrogens (tertiary/aromatic N) is 5. The molecule has 1 aliphatic carbocycles. The van der Waals surface area contributed by atoms with Gasteiger partial charge in [-0.1, -0.05) is 12.1 Å². The van der Waals surface area contributed by atoms with E-state index in [1.54, 1.807) is 0 Å². The van der Waals surface area contributed by atoms with E-state index in [0.29, 0.717) is 23.3 Å². The fourth-order valence-electron chi connectivity index (χ4n) is 3.86. The van der Waals surface area contributed by atoms with E-state index in [1.807, 2.05) is 31.2 Å². The molecule has 0 atom stereocenters. The molecule has 2 fully saturated rings. The zero-order valence-corrected chi connectivity index (χ0v) is 25.4. The van der Waals surface area contributed by atoms with Crippen LogP contribution in [0.3, 0.4) is 0 Å². The summed E-state index contributed by atoms with van der Waals surface area (Å²) in [5, 5.41) is 11.2. The van der Waals surface area contributed by atoms with Crippen molar-refractivity contribution in [2.45, 2.75) is 43.2 Å². The number of nitrogens with one attached hydrogen (secondary N) is 2. The van der Waals surface area contributed by atoms with Crippen LogP contribution in [0.2, 0.25) is 0 Å². The van der Waals surface area contributed by atoms with Crippen LogP contribution < -0.4 is 10.2 Å². The number of carbonyl (C=O) groups excluding carboxylic acids is 3. The Morgan fingerprint density at radius 1 is 1.10 bits per heavy atom. The van der Waals surface area contributed by atoms with E-state index in [-0.39, 0.29) is 11.9 Å². The lowest BCUT2D eigenvalue weighted by Crippen LogP contribution is -2.44. The highest BCUT2D eigenvalue weighted by molar-refractivity contribution is 7.99. The third kappa shape index (κ3) is 11.3. The Morgan fingerprint density at radius 2 is 1.71 bits per heavy atom. The molecule has 3 N–H and O–H groups in total. The van der Waals surface area contributed by atoms with Gasteiger partial charge in [-0.15, -0.1) is 0 Å². The van der Waals surface area contributed by atoms with E-state index in [1.165, 1.54) is 18.7 Å². The van der Waals surface area contributed by atoms with Gasteiger partial charge in [-0.2, -0.15) is 23.1 Å². The molecule has 2 aromatic heterocycles. The van der Waals surface area contributed by atoms with E-state index < -0.39 is 10.1 Å². The van der Waals surface area contributed by atoms with E-state index in [0.717, 1.165) is 72.6 Å². The van der Waals surface area contributed by atoms with Crippen LogP contribution in [0.15, 0.2) is 46.5 Å². The average molecular weight is 618 g/mol. The zero-order valence-electron chi connectivity index (χ0n) is 23.7. The van der Waals surface area contributed by atoms with Gasteiger partial charge in [0.2, 0.25) is 0 Å². The predicted octanol–water partition coefficient (Wildman–Crippen LogP) is 2.99. The molecule has 0 radical (unpaired) electrons. The maximum atomic E-state index is 12.1. The number of aromatic amines is 1. The number of hydrogen-bond acceptors (Lipinski definition) is 12. The molecule has 5 rings (SSSR count). The lowest BCUT2D eigenvalue weighted by molar-refractivity contribution is -0.191. The molecule has 15 heteroatoms. The van der Waals surface area contributed by atoms with E-state index in [2.05, 4.69) is 44.5 Å². The van der Waals surface area contributed by atoms with Gasteiger partial charge in [0.15, 0.2) is 11.0 Å². The predicted molar refractivity (Wildman–Crippen MR) is 157 cm³/mol. The van der Waals surface area contributed by atoms with Gasteiger partial charge in [-0.05, 0) is 63.2 Å². The quantitative estimate of drug-likeness (QED) is 0.236. The number of rotatable bonds is 9. The average Bonchev–Trinajstić information content (AvgIpc) is 3.72. The lowest BCUT2D eigenvalue weighted by Gasteiger charge is -2.33. The molecule has 1 saturated heterocycles. The Kier molecular flexibility index (Phi) is 12.2. The number of likely N-dealkylation sites (N-methyl/N-ethyl adjacent to an activating group) is 1. The largest absolute Gasteiger partial charge is 0.373 e. The van der Waals surface area contributed by atoms with E-state index in [4.69, 9.17) is 24.1 Å². The first-order valence-corrected chi connectivity index (χ1v) is 15.8. The molecule has 42 heavy (non-hydrogen) atoms. The molecule has 0 spiro atoms. The van der Waals surface area contributed by atoms with Crippen molar-refractivity contribution in [2.75, 3.05) is 49.2 Å². The number of hydrogen-bond donors (Lipinski definition) is 3. The van der Waals surface area contributed by atoms with Gasteiger partial charge < -0.3 is 15.1 Å². The highest BCUT2D eigenvalue weighted by Crippen LogP contribution is 2.32. The number of piperazine rings is 1. The second-order valence-corrected chi connectivity index (χ2v) is 12.6. The van der Waals surface area contributed by atoms with E-state index in [9.17, 15) is 13.2 Å². The maximum absolute atomic E-state index is 12.1. The van der Waals surface area contributed by atoms with Crippen molar-refractivity contribution in [1.82, 2.24) is 25.1 Å². The molecule has 2 aliphatic rings. The molecule has 226 valence electrons. The van der Waals surface area contributed by atoms with Crippen LogP contribution in [0, 0.1) is 12.8 Å². The summed E-state index contributed by atoms with van der Waals surface area (Å²) in [6.07, 6.45) is 2.89. The van der Waals surface area contributed by atoms with Gasteiger partial charge in [0.1, 0.15) is 17.4 Å². The summed E-state index contributed by atoms with van der Waals surface area (Å²) < 4.78 is 26.9. The molecule has 0 amide bonds. The van der Waals surface area contributed by atoms with Crippen LogP contribution in [0.25, 0.3) is 0 Å². The van der Waals surface area contributed by atoms with Gasteiger partial charge >= 0.3 is 6.15 Å². The first-order chi connectivity index (χ1) is 20.0. The number of benzene rings is 1. The third-order valence-electron chi connectivity index (χ3n) is 6.39. The first kappa shape index (κ1) is 32.9. The number of ketones is 1. The summed E-state index contributed by atoms with van der Waals surface area (Å²) in [4.78, 5) is 43.6. The number of anilines is 3. The molecule has 1 aromatic carbocycles. The van der Waals surface area contributed by atoms with Crippen molar-refractivity contribution in [3.05, 3.63) is 47.7 Å². The number of aryl methyl sites for hydroxylation is 1. The summed E-state index contributed by atoms with van der Waals surface area (Å²) in [5.74, 6) is 2.84. The smallest absolute Gasteiger partial charge is 0.354 e. The lowest BCUT2D eigenvalue weighted by atomic mass is 10.1. The minimum atomic E-state index is -3.66. The number of aromatic nitrogens is 4. The van der Waals surface area contributed by atoms with E-state index >= 15 is 0 Å². The molecule has 3 aromatic rings. The Hall–Kier alpha value is -3.62. The maximum Gasteiger partial charge on any atom is 0.373 e. The molecule has 13 nitrogen and oxygen atoms in total. The fourth-order valence-corrected chi connectivity index (χ4v) is 4.63. The van der Waals surface area contributed by atoms with Crippen LogP contribution in [0.5, 0.6) is 0 Å². The number of Topliss-reactive ketones (excluding diaryl/α,β-unsaturated/α-hetero) is 1. The zero-order chi connectivity index (χ0) is 30.7. The standard InChI is InChI=1S/C24H29N7OS.C2H6O3S.CO2/c1-16-13-22(29-28-16)25-21-15-23(31-11-9-30(2)10-12-31)27-24(26-21)33-19-7-3-17(4-8-19)14-20(32)18-5-6-18;1-2-6(3,4)5;2-1-3/h3-4,7-8,13,15,18H,5-6,9-12,14H2,1-2H3,(H2,25,26,27,28,29);2H2,1H3,(H,3,4,5);. The minimum absolute atomic E-state index is 0.201. The van der Waals surface area contributed by atoms with Gasteiger partial charge in [0, 0.05) is 61.2 Å². The molecule has 0 bridgehead atoms. The summed E-state index contributed by atoms with van der Waals surface area (Å²) in [7, 11) is -1.52. The Balaban J connectivity index is 0.000000473. The summed E-state index contributed by atoms with van der Waals surface area (Å²) in [6, 6.07) is 12.1. The third-order valence-corrected chi connectivity index (χ3v) is 7.99. The molecule has 1 aliphatic heterocycles. The SMILES string of the molecule is CCS(=O)(=O)O.Cc1cc(Nc2cc(N3CCN(C)CC3)nc(Sc3ccc(CC(=O)C4CC4)cc3)n2)n[nH]1.O=C=O. The second-order valence-electron chi connectivity index (χ2n) is 9.86. The van der Waals surface area contributed by atoms with Crippen molar-refractivity contribution in [3.63, 3.8) is 0 Å². The molecule has 1 saturated carbocycles. The Morgan fingerprint density at radius 3 is 2.24 bits per heavy atom. The monoisotopic (exact) mass is 617 g/mol. The van der Waals surface area contributed by atoms with Gasteiger partial charge in [-0.3, -0.25) is 14.4 Å². The van der Waals surface area contributed by atoms with Crippen LogP contribution in [0.4, 0.5) is 17.5 Å². The molecule has 3 heterocycles. The molecular formula is C27H35N7O6S2. The van der Waals surface area contributed by atoms with Crippen molar-refractivity contribution in [2.24, 2.45) is 5.92 Å². The summed E-state index contributed by atoms with van der Waals surface area (Å²) >= 11 is 1.53. The van der Waals surface area contributed by atoms with Gasteiger partial charge in [0.25, 0.3) is 10.1 Å². The van der Waals surface area contributed by atoms with Crippen LogP contribution >= 0.6 is 11.8 Å². The number of H-pyrrole nitrogens is 1. The second kappa shape index (κ2) is 15.6. The van der Waals surface area contributed by atoms with Crippen molar-refractivity contribution in [1.29, 1.82) is 0 Å². The highest BCUT2D eigenvalue weighted by atomic mass is 32.2. The van der Waals surface area contributed by atoms with Crippen LogP contribution in [0.1, 0.15) is 31.0 Å². The fraction of sp³-hybridized carbons (Fsp3) is 0.444. The van der Waals surface area contributed by atoms with Crippen molar-refractivity contribution >= 4 is 51.3 Å². The van der Waals surface area contributed by atoms with Gasteiger partial charge in [-0.25, -0.2) is 9.97 Å². The first-order valence-electron chi connectivity index (χ1n) is 13.3. The summed E-state index contributed by atoms with van der Waals surface area (Å²) in [6.45, 7) is 7.22. The normalized spacial score (nSPS) is 15.0. The number of carbonyl (C=O) groups is 1. The molecular weight excluding hydrogens is 582 g/mol. The summed E-state index contributed by atoms with van der Waals surface area (Å²) in [5.41, 5.74) is 2.06. The Bertz CT molecular complexity index is 1460. The molecule has 0 unspecified atom stereocenters. The van der Waals surface area contributed by atoms with Crippen LogP contribution in [-0.2, 0) is 30.9 Å². The van der Waals surface area contributed by atoms with Crippen molar-refractivity contribution in [3.8, 4) is 0 Å². The topological polar surface area (TPSA) is 179 Å².